The Morgan fingerprint density at radius 1 is 1.56 bits per heavy atom. The van der Waals surface area contributed by atoms with Crippen molar-refractivity contribution < 1.29 is 9.90 Å². The highest BCUT2D eigenvalue weighted by atomic mass is 16.3. The zero-order valence-corrected chi connectivity index (χ0v) is 10.7. The summed E-state index contributed by atoms with van der Waals surface area (Å²) in [4.78, 5) is 15.6. The maximum absolute atomic E-state index is 11.6. The summed E-state index contributed by atoms with van der Waals surface area (Å²) in [6.07, 6.45) is 5.69. The van der Waals surface area contributed by atoms with Gasteiger partial charge in [0, 0.05) is 31.6 Å². The molecule has 1 aromatic heterocycles. The van der Waals surface area contributed by atoms with Gasteiger partial charge in [0.15, 0.2) is 0 Å². The molecule has 5 heteroatoms. The van der Waals surface area contributed by atoms with Crippen molar-refractivity contribution in [1.82, 2.24) is 15.6 Å². The molecule has 3 N–H and O–H groups in total. The third kappa shape index (κ3) is 5.63. The largest absolute Gasteiger partial charge is 0.396 e. The van der Waals surface area contributed by atoms with Crippen LogP contribution in [0.2, 0.25) is 0 Å². The van der Waals surface area contributed by atoms with Crippen LogP contribution < -0.4 is 10.6 Å². The van der Waals surface area contributed by atoms with Crippen molar-refractivity contribution in [3.63, 3.8) is 0 Å². The molecule has 0 bridgehead atoms. The minimum Gasteiger partial charge on any atom is -0.396 e. The van der Waals surface area contributed by atoms with Gasteiger partial charge in [0.05, 0.1) is 0 Å². The van der Waals surface area contributed by atoms with Gasteiger partial charge in [0.1, 0.15) is 0 Å². The predicted molar refractivity (Wildman–Crippen MR) is 70.3 cm³/mol. The molecule has 0 radical (unpaired) electrons. The SMILES string of the molecule is CCC(CCO)NC(=O)NCCc1cccnc1. The molecule has 0 saturated heterocycles. The van der Waals surface area contributed by atoms with E-state index in [1.54, 1.807) is 12.4 Å². The summed E-state index contributed by atoms with van der Waals surface area (Å²) in [5, 5.41) is 14.4. The predicted octanol–water partition coefficient (Wildman–Crippen LogP) is 1.08. The van der Waals surface area contributed by atoms with Crippen molar-refractivity contribution in [2.45, 2.75) is 32.2 Å². The molecule has 0 saturated carbocycles. The molecule has 0 spiro atoms. The second kappa shape index (κ2) is 8.47. The fraction of sp³-hybridized carbons (Fsp3) is 0.538. The number of urea groups is 1. The molecule has 2 amide bonds. The highest BCUT2D eigenvalue weighted by molar-refractivity contribution is 5.74. The van der Waals surface area contributed by atoms with E-state index in [0.29, 0.717) is 13.0 Å². The highest BCUT2D eigenvalue weighted by Crippen LogP contribution is 1.97. The normalized spacial score (nSPS) is 11.9. The van der Waals surface area contributed by atoms with Crippen molar-refractivity contribution in [3.05, 3.63) is 30.1 Å². The van der Waals surface area contributed by atoms with Crippen LogP contribution in [0.15, 0.2) is 24.5 Å². The Kier molecular flexibility index (Phi) is 6.79. The Morgan fingerprint density at radius 2 is 2.39 bits per heavy atom. The first-order valence-electron chi connectivity index (χ1n) is 6.30. The van der Waals surface area contributed by atoms with Crippen LogP contribution in [0.5, 0.6) is 0 Å². The zero-order chi connectivity index (χ0) is 13.2. The van der Waals surface area contributed by atoms with E-state index in [4.69, 9.17) is 5.11 Å². The molecule has 0 aliphatic rings. The average Bonchev–Trinajstić information content (AvgIpc) is 2.39. The van der Waals surface area contributed by atoms with Crippen molar-refractivity contribution in [2.75, 3.05) is 13.2 Å². The molecule has 100 valence electrons. The van der Waals surface area contributed by atoms with Gasteiger partial charge in [-0.25, -0.2) is 4.79 Å². The molecule has 0 aromatic carbocycles. The lowest BCUT2D eigenvalue weighted by Gasteiger charge is -2.16. The number of carbonyl (C=O) groups is 1. The maximum atomic E-state index is 11.6. The van der Waals surface area contributed by atoms with Crippen LogP contribution in [0.3, 0.4) is 0 Å². The molecule has 1 rings (SSSR count). The molecular formula is C13H21N3O2. The van der Waals surface area contributed by atoms with E-state index in [1.807, 2.05) is 19.1 Å². The topological polar surface area (TPSA) is 74.2 Å². The number of rotatable bonds is 7. The van der Waals surface area contributed by atoms with Crippen molar-refractivity contribution in [1.29, 1.82) is 0 Å². The van der Waals surface area contributed by atoms with Gasteiger partial charge < -0.3 is 15.7 Å². The van der Waals surface area contributed by atoms with E-state index >= 15 is 0 Å². The molecule has 1 atom stereocenters. The lowest BCUT2D eigenvalue weighted by molar-refractivity contribution is 0.228. The first kappa shape index (κ1) is 14.4. The number of amides is 2. The Hall–Kier alpha value is -1.62. The van der Waals surface area contributed by atoms with Crippen LogP contribution >= 0.6 is 0 Å². The van der Waals surface area contributed by atoms with Gasteiger partial charge in [-0.15, -0.1) is 0 Å². The van der Waals surface area contributed by atoms with Gasteiger partial charge in [0.2, 0.25) is 0 Å². The second-order valence-electron chi connectivity index (χ2n) is 4.13. The number of hydrogen-bond donors (Lipinski definition) is 3. The van der Waals surface area contributed by atoms with Gasteiger partial charge in [-0.1, -0.05) is 13.0 Å². The number of carbonyl (C=O) groups excluding carboxylic acids is 1. The van der Waals surface area contributed by atoms with E-state index in [-0.39, 0.29) is 18.7 Å². The lowest BCUT2D eigenvalue weighted by Crippen LogP contribution is -2.42. The zero-order valence-electron chi connectivity index (χ0n) is 10.7. The molecular weight excluding hydrogens is 230 g/mol. The van der Waals surface area contributed by atoms with Crippen LogP contribution in [-0.2, 0) is 6.42 Å². The highest BCUT2D eigenvalue weighted by Gasteiger charge is 2.08. The van der Waals surface area contributed by atoms with Gasteiger partial charge >= 0.3 is 6.03 Å². The van der Waals surface area contributed by atoms with E-state index in [1.165, 1.54) is 0 Å². The average molecular weight is 251 g/mol. The summed E-state index contributed by atoms with van der Waals surface area (Å²) >= 11 is 0. The fourth-order valence-electron chi connectivity index (χ4n) is 1.64. The number of pyridine rings is 1. The molecule has 1 unspecified atom stereocenters. The maximum Gasteiger partial charge on any atom is 0.315 e. The summed E-state index contributed by atoms with van der Waals surface area (Å²) in [5.74, 6) is 0. The first-order valence-corrected chi connectivity index (χ1v) is 6.30. The van der Waals surface area contributed by atoms with Crippen molar-refractivity contribution in [2.24, 2.45) is 0 Å². The van der Waals surface area contributed by atoms with Crippen LogP contribution in [0, 0.1) is 0 Å². The standard InChI is InChI=1S/C13H21N3O2/c1-2-12(6-9-17)16-13(18)15-8-5-11-4-3-7-14-10-11/h3-4,7,10,12,17H,2,5-6,8-9H2,1H3,(H2,15,16,18). The summed E-state index contributed by atoms with van der Waals surface area (Å²) in [7, 11) is 0. The lowest BCUT2D eigenvalue weighted by atomic mass is 10.1. The summed E-state index contributed by atoms with van der Waals surface area (Å²) in [6.45, 7) is 2.65. The Balaban J connectivity index is 2.20. The molecule has 0 fully saturated rings. The van der Waals surface area contributed by atoms with Gasteiger partial charge in [-0.2, -0.15) is 0 Å². The summed E-state index contributed by atoms with van der Waals surface area (Å²) < 4.78 is 0. The molecule has 0 aliphatic carbocycles. The summed E-state index contributed by atoms with van der Waals surface area (Å²) in [5.41, 5.74) is 1.10. The van der Waals surface area contributed by atoms with Crippen LogP contribution in [0.4, 0.5) is 4.79 Å². The number of hydrogen-bond acceptors (Lipinski definition) is 3. The molecule has 5 nitrogen and oxygen atoms in total. The van der Waals surface area contributed by atoms with Crippen LogP contribution in [0.1, 0.15) is 25.3 Å². The fourth-order valence-corrected chi connectivity index (χ4v) is 1.64. The minimum atomic E-state index is -0.181. The third-order valence-corrected chi connectivity index (χ3v) is 2.73. The number of nitrogens with one attached hydrogen (secondary N) is 2. The van der Waals surface area contributed by atoms with Crippen molar-refractivity contribution >= 4 is 6.03 Å². The summed E-state index contributed by atoms with van der Waals surface area (Å²) in [6, 6.07) is 3.71. The number of aromatic nitrogens is 1. The van der Waals surface area contributed by atoms with Gasteiger partial charge in [-0.3, -0.25) is 4.98 Å². The molecule has 0 aliphatic heterocycles. The smallest absolute Gasteiger partial charge is 0.315 e. The van der Waals surface area contributed by atoms with E-state index in [0.717, 1.165) is 18.4 Å². The van der Waals surface area contributed by atoms with Gasteiger partial charge in [-0.05, 0) is 30.9 Å². The Labute approximate surface area is 108 Å². The minimum absolute atomic E-state index is 0.0355. The first-order chi connectivity index (χ1) is 8.76. The van der Waals surface area contributed by atoms with E-state index in [2.05, 4.69) is 15.6 Å². The Morgan fingerprint density at radius 3 is 3.00 bits per heavy atom. The number of aliphatic hydroxyl groups is 1. The third-order valence-electron chi connectivity index (χ3n) is 2.73. The quantitative estimate of drug-likeness (QED) is 0.679. The van der Waals surface area contributed by atoms with Crippen LogP contribution in [0.25, 0.3) is 0 Å². The van der Waals surface area contributed by atoms with Gasteiger partial charge in [0.25, 0.3) is 0 Å². The number of aliphatic hydroxyl groups excluding tert-OH is 1. The van der Waals surface area contributed by atoms with E-state index < -0.39 is 0 Å². The van der Waals surface area contributed by atoms with E-state index in [9.17, 15) is 4.79 Å². The second-order valence-corrected chi connectivity index (χ2v) is 4.13. The molecule has 1 aromatic rings. The monoisotopic (exact) mass is 251 g/mol. The van der Waals surface area contributed by atoms with Crippen molar-refractivity contribution in [3.8, 4) is 0 Å². The van der Waals surface area contributed by atoms with Crippen LogP contribution in [-0.4, -0.2) is 35.3 Å². The molecule has 18 heavy (non-hydrogen) atoms. The number of nitrogens with zero attached hydrogens (tertiary/aromatic N) is 1. The Bertz CT molecular complexity index is 343. The molecule has 1 heterocycles.